The number of alkyl carbamates (subject to hydrolysis) is 1. The van der Waals surface area contributed by atoms with Crippen LogP contribution in [0.2, 0.25) is 0 Å². The normalized spacial score (nSPS) is 14.3. The minimum Gasteiger partial charge on any atom is -0.481 e. The summed E-state index contributed by atoms with van der Waals surface area (Å²) in [5, 5.41) is 35.2. The van der Waals surface area contributed by atoms with Gasteiger partial charge in [0, 0.05) is 0 Å². The maximum absolute atomic E-state index is 14.5. The molecule has 0 heterocycles. The van der Waals surface area contributed by atoms with Gasteiger partial charge in [-0.3, -0.25) is 28.9 Å². The standard InChI is InChI=1S/C40H48N4O11/c1-24(2)19-32(39(52)53)43-34(45)33(30(38(50)51)21-27-15-9-5-10-16-27)44(35(46)25(3)42-40(54)55-23-28-17-11-6-12-18-28)36(47)31(41)22-29(37(48)49)20-26-13-7-4-8-14-26/h4-18,24-25,29-33H,19-23,41H2,1-3H3,(H,42,54)(H,43,45)(H,48,49)(H,50,51)(H,52,53)/t25-,29?,30?,31-,32-,33-/m0/s1. The van der Waals surface area contributed by atoms with Crippen molar-refractivity contribution in [2.24, 2.45) is 23.5 Å². The van der Waals surface area contributed by atoms with Gasteiger partial charge in [0.25, 0.3) is 5.91 Å². The molecular formula is C40H48N4O11. The minimum atomic E-state index is -2.22. The number of carbonyl (C=O) groups is 7. The summed E-state index contributed by atoms with van der Waals surface area (Å²) in [7, 11) is 0. The maximum Gasteiger partial charge on any atom is 0.408 e. The summed E-state index contributed by atoms with van der Waals surface area (Å²) in [6, 6.07) is 17.9. The number of carboxylic acid groups (broad SMARTS) is 3. The molecule has 4 amide bonds. The van der Waals surface area contributed by atoms with E-state index < -0.39 is 90.6 Å². The van der Waals surface area contributed by atoms with Crippen molar-refractivity contribution in [3.05, 3.63) is 108 Å². The number of amides is 4. The van der Waals surface area contributed by atoms with Crippen molar-refractivity contribution in [1.29, 1.82) is 0 Å². The highest BCUT2D eigenvalue weighted by molar-refractivity contribution is 6.06. The Morgan fingerprint density at radius 3 is 1.64 bits per heavy atom. The first-order valence-corrected chi connectivity index (χ1v) is 17.7. The fraction of sp³-hybridized carbons (Fsp3) is 0.375. The van der Waals surface area contributed by atoms with Gasteiger partial charge in [0.15, 0.2) is 0 Å². The Balaban J connectivity index is 2.11. The van der Waals surface area contributed by atoms with Crippen LogP contribution in [0.15, 0.2) is 91.0 Å². The molecule has 3 rings (SSSR count). The second-order valence-corrected chi connectivity index (χ2v) is 13.6. The second-order valence-electron chi connectivity index (χ2n) is 13.6. The molecule has 0 radical (unpaired) electrons. The number of imide groups is 1. The lowest BCUT2D eigenvalue weighted by Gasteiger charge is -2.36. The summed E-state index contributed by atoms with van der Waals surface area (Å²) in [4.78, 5) is 94.0. The van der Waals surface area contributed by atoms with Crippen molar-refractivity contribution in [2.75, 3.05) is 0 Å². The third kappa shape index (κ3) is 13.4. The number of nitrogens with two attached hydrogens (primary N) is 1. The summed E-state index contributed by atoms with van der Waals surface area (Å²) < 4.78 is 5.23. The number of hydrogen-bond donors (Lipinski definition) is 6. The third-order valence-corrected chi connectivity index (χ3v) is 8.79. The molecule has 55 heavy (non-hydrogen) atoms. The predicted molar refractivity (Wildman–Crippen MR) is 199 cm³/mol. The van der Waals surface area contributed by atoms with Crippen LogP contribution in [0, 0.1) is 17.8 Å². The number of ether oxygens (including phenoxy) is 1. The van der Waals surface area contributed by atoms with Crippen molar-refractivity contribution in [3.8, 4) is 0 Å². The first-order chi connectivity index (χ1) is 26.1. The highest BCUT2D eigenvalue weighted by atomic mass is 16.5. The van der Waals surface area contributed by atoms with Crippen LogP contribution in [0.5, 0.6) is 0 Å². The van der Waals surface area contributed by atoms with Gasteiger partial charge in [0.05, 0.1) is 17.9 Å². The molecule has 0 spiro atoms. The molecule has 0 aliphatic rings. The van der Waals surface area contributed by atoms with Crippen molar-refractivity contribution < 1.29 is 53.6 Å². The number of benzene rings is 3. The lowest BCUT2D eigenvalue weighted by Crippen LogP contribution is -2.64. The van der Waals surface area contributed by atoms with E-state index in [0.29, 0.717) is 21.6 Å². The van der Waals surface area contributed by atoms with E-state index in [0.717, 1.165) is 0 Å². The molecule has 15 nitrogen and oxygen atoms in total. The molecule has 7 N–H and O–H groups in total. The Hall–Kier alpha value is -6.09. The number of carboxylic acids is 3. The molecule has 3 aromatic rings. The molecule has 0 aromatic heterocycles. The summed E-state index contributed by atoms with van der Waals surface area (Å²) in [6.45, 7) is 4.39. The maximum atomic E-state index is 14.5. The molecule has 0 aliphatic carbocycles. The fourth-order valence-electron chi connectivity index (χ4n) is 5.98. The molecule has 0 bridgehead atoms. The zero-order valence-corrected chi connectivity index (χ0v) is 30.9. The van der Waals surface area contributed by atoms with Gasteiger partial charge in [-0.05, 0) is 55.2 Å². The summed E-state index contributed by atoms with van der Waals surface area (Å²) in [6.07, 6.45) is -2.17. The van der Waals surface area contributed by atoms with E-state index in [2.05, 4.69) is 10.6 Å². The number of hydrogen-bond acceptors (Lipinski definition) is 9. The molecule has 294 valence electrons. The summed E-state index contributed by atoms with van der Waals surface area (Å²) in [5.41, 5.74) is 7.99. The van der Waals surface area contributed by atoms with Crippen LogP contribution in [-0.4, -0.2) is 86.1 Å². The van der Waals surface area contributed by atoms with Crippen molar-refractivity contribution in [3.63, 3.8) is 0 Å². The van der Waals surface area contributed by atoms with Gasteiger partial charge in [0.1, 0.15) is 24.7 Å². The Labute approximate surface area is 318 Å². The number of rotatable bonds is 20. The number of nitrogens with one attached hydrogen (secondary N) is 2. The van der Waals surface area contributed by atoms with Gasteiger partial charge < -0.3 is 36.4 Å². The molecule has 2 unspecified atom stereocenters. The largest absolute Gasteiger partial charge is 0.481 e. The van der Waals surface area contributed by atoms with Crippen LogP contribution in [0.4, 0.5) is 4.79 Å². The van der Waals surface area contributed by atoms with E-state index in [-0.39, 0.29) is 25.4 Å². The molecule has 3 aromatic carbocycles. The van der Waals surface area contributed by atoms with Crippen molar-refractivity contribution >= 4 is 41.7 Å². The minimum absolute atomic E-state index is 0.0541. The molecule has 0 aliphatic heterocycles. The summed E-state index contributed by atoms with van der Waals surface area (Å²) >= 11 is 0. The zero-order chi connectivity index (χ0) is 40.7. The van der Waals surface area contributed by atoms with Gasteiger partial charge in [-0.1, -0.05) is 105 Å². The van der Waals surface area contributed by atoms with Crippen LogP contribution in [-0.2, 0) is 53.0 Å². The van der Waals surface area contributed by atoms with Crippen LogP contribution >= 0.6 is 0 Å². The van der Waals surface area contributed by atoms with Gasteiger partial charge in [0.2, 0.25) is 11.8 Å². The number of aliphatic carboxylic acids is 3. The van der Waals surface area contributed by atoms with Gasteiger partial charge in [-0.15, -0.1) is 0 Å². The molecular weight excluding hydrogens is 712 g/mol. The lowest BCUT2D eigenvalue weighted by atomic mass is 9.88. The van der Waals surface area contributed by atoms with E-state index in [4.69, 9.17) is 10.5 Å². The van der Waals surface area contributed by atoms with Crippen LogP contribution < -0.4 is 16.4 Å². The third-order valence-electron chi connectivity index (χ3n) is 8.79. The SMILES string of the molecule is CC(C)C[C@H](NC(=O)[C@H](C(Cc1ccccc1)C(=O)O)N(C(=O)[C@H](C)NC(=O)OCc1ccccc1)C(=O)[C@@H](N)CC(Cc1ccccc1)C(=O)O)C(=O)O. The highest BCUT2D eigenvalue weighted by Crippen LogP contribution is 2.24. The van der Waals surface area contributed by atoms with E-state index >= 15 is 0 Å². The van der Waals surface area contributed by atoms with Crippen molar-refractivity contribution in [2.45, 2.75) is 77.2 Å². The first-order valence-electron chi connectivity index (χ1n) is 17.7. The smallest absolute Gasteiger partial charge is 0.408 e. The Morgan fingerprint density at radius 1 is 0.655 bits per heavy atom. The first kappa shape index (κ1) is 43.3. The van der Waals surface area contributed by atoms with Gasteiger partial charge in [-0.25, -0.2) is 9.59 Å². The van der Waals surface area contributed by atoms with E-state index in [1.165, 1.54) is 6.92 Å². The van der Waals surface area contributed by atoms with Crippen LogP contribution in [0.3, 0.4) is 0 Å². The van der Waals surface area contributed by atoms with Crippen LogP contribution in [0.25, 0.3) is 0 Å². The molecule has 0 saturated carbocycles. The quantitative estimate of drug-likeness (QED) is 0.0973. The topological polar surface area (TPSA) is 243 Å². The highest BCUT2D eigenvalue weighted by Gasteiger charge is 2.47. The number of carbonyl (C=O) groups excluding carboxylic acids is 4. The fourth-order valence-corrected chi connectivity index (χ4v) is 5.98. The predicted octanol–water partition coefficient (Wildman–Crippen LogP) is 3.25. The van der Waals surface area contributed by atoms with E-state index in [1.807, 2.05) is 0 Å². The van der Waals surface area contributed by atoms with Gasteiger partial charge >= 0.3 is 24.0 Å². The van der Waals surface area contributed by atoms with E-state index in [1.54, 1.807) is 105 Å². The average molecular weight is 761 g/mol. The Morgan fingerprint density at radius 2 is 1.16 bits per heavy atom. The van der Waals surface area contributed by atoms with Crippen LogP contribution in [0.1, 0.15) is 50.3 Å². The average Bonchev–Trinajstić information content (AvgIpc) is 3.15. The second kappa shape index (κ2) is 21.0. The Bertz CT molecular complexity index is 1770. The number of nitrogens with zero attached hydrogens (tertiary/aromatic N) is 1. The molecule has 6 atom stereocenters. The monoisotopic (exact) mass is 760 g/mol. The van der Waals surface area contributed by atoms with E-state index in [9.17, 15) is 48.9 Å². The molecule has 15 heteroatoms. The van der Waals surface area contributed by atoms with Crippen molar-refractivity contribution in [1.82, 2.24) is 15.5 Å². The zero-order valence-electron chi connectivity index (χ0n) is 30.9. The Kier molecular flexibility index (Phi) is 16.5. The summed E-state index contributed by atoms with van der Waals surface area (Å²) in [5.74, 6) is -11.6. The lowest BCUT2D eigenvalue weighted by molar-refractivity contribution is -0.160. The van der Waals surface area contributed by atoms with Gasteiger partial charge in [-0.2, -0.15) is 0 Å². The molecule has 0 saturated heterocycles. The molecule has 0 fully saturated rings.